The largest absolute Gasteiger partial charge is 0.396 e. The van der Waals surface area contributed by atoms with Gasteiger partial charge in [-0.25, -0.2) is 0 Å². The Balaban J connectivity index is 2.60. The standard InChI is InChI=1S/C14H25NO2/c1-5-11-7-12(6-2)14(4,8-11)17-9-13(16)10(3)15/h11-12H,3,5-9,15H2,1-2,4H3. The van der Waals surface area contributed by atoms with Crippen LogP contribution in [-0.4, -0.2) is 18.0 Å². The number of carbonyl (C=O) groups is 1. The Kier molecular flexibility index (Phi) is 4.75. The molecule has 3 unspecified atom stereocenters. The van der Waals surface area contributed by atoms with Crippen LogP contribution >= 0.6 is 0 Å². The van der Waals surface area contributed by atoms with E-state index in [-0.39, 0.29) is 23.7 Å². The summed E-state index contributed by atoms with van der Waals surface area (Å²) in [5.41, 5.74) is 5.28. The number of carbonyl (C=O) groups excluding carboxylic acids is 1. The summed E-state index contributed by atoms with van der Waals surface area (Å²) in [5, 5.41) is 0. The van der Waals surface area contributed by atoms with Crippen LogP contribution in [0.2, 0.25) is 0 Å². The second-order valence-corrected chi connectivity index (χ2v) is 5.37. The van der Waals surface area contributed by atoms with Crippen molar-refractivity contribution in [2.45, 2.75) is 52.1 Å². The first-order valence-electron chi connectivity index (χ1n) is 6.54. The van der Waals surface area contributed by atoms with Gasteiger partial charge in [0.1, 0.15) is 6.61 Å². The summed E-state index contributed by atoms with van der Waals surface area (Å²) < 4.78 is 5.86. The lowest BCUT2D eigenvalue weighted by Gasteiger charge is -2.31. The molecule has 1 aliphatic rings. The highest BCUT2D eigenvalue weighted by Gasteiger charge is 2.43. The molecule has 0 radical (unpaired) electrons. The van der Waals surface area contributed by atoms with Crippen LogP contribution in [-0.2, 0) is 9.53 Å². The molecule has 0 aromatic carbocycles. The molecule has 0 aromatic rings. The Morgan fingerprint density at radius 1 is 1.47 bits per heavy atom. The van der Waals surface area contributed by atoms with E-state index in [2.05, 4.69) is 27.4 Å². The molecule has 0 amide bonds. The van der Waals surface area contributed by atoms with Crippen LogP contribution in [0, 0.1) is 11.8 Å². The summed E-state index contributed by atoms with van der Waals surface area (Å²) in [5.74, 6) is 1.08. The normalized spacial score (nSPS) is 32.6. The molecule has 98 valence electrons. The summed E-state index contributed by atoms with van der Waals surface area (Å²) in [7, 11) is 0. The predicted molar refractivity (Wildman–Crippen MR) is 69.5 cm³/mol. The van der Waals surface area contributed by atoms with Gasteiger partial charge in [0.2, 0.25) is 5.78 Å². The van der Waals surface area contributed by atoms with E-state index >= 15 is 0 Å². The molecule has 1 rings (SSSR count). The number of rotatable bonds is 6. The second-order valence-electron chi connectivity index (χ2n) is 5.37. The minimum atomic E-state index is -0.193. The molecule has 17 heavy (non-hydrogen) atoms. The van der Waals surface area contributed by atoms with Crippen LogP contribution in [0.4, 0.5) is 0 Å². The highest BCUT2D eigenvalue weighted by atomic mass is 16.5. The topological polar surface area (TPSA) is 52.3 Å². The Hall–Kier alpha value is -0.830. The minimum Gasteiger partial charge on any atom is -0.396 e. The zero-order valence-corrected chi connectivity index (χ0v) is 11.3. The van der Waals surface area contributed by atoms with Crippen molar-refractivity contribution < 1.29 is 9.53 Å². The highest BCUT2D eigenvalue weighted by molar-refractivity contribution is 5.94. The second kappa shape index (κ2) is 5.67. The van der Waals surface area contributed by atoms with Gasteiger partial charge in [-0.05, 0) is 31.6 Å². The van der Waals surface area contributed by atoms with E-state index in [0.29, 0.717) is 5.92 Å². The van der Waals surface area contributed by atoms with Gasteiger partial charge in [0, 0.05) is 0 Å². The molecule has 0 bridgehead atoms. The van der Waals surface area contributed by atoms with Crippen LogP contribution in [0.1, 0.15) is 46.5 Å². The Labute approximate surface area is 104 Å². The molecule has 0 aromatic heterocycles. The van der Waals surface area contributed by atoms with E-state index in [1.807, 2.05) is 0 Å². The van der Waals surface area contributed by atoms with Gasteiger partial charge in [-0.3, -0.25) is 4.79 Å². The maximum atomic E-state index is 11.4. The first-order valence-corrected chi connectivity index (χ1v) is 6.54. The van der Waals surface area contributed by atoms with Gasteiger partial charge in [-0.2, -0.15) is 0 Å². The Bertz CT molecular complexity index is 301. The van der Waals surface area contributed by atoms with Crippen LogP contribution in [0.15, 0.2) is 12.3 Å². The quantitative estimate of drug-likeness (QED) is 0.725. The number of nitrogens with two attached hydrogens (primary N) is 1. The van der Waals surface area contributed by atoms with Gasteiger partial charge in [0.05, 0.1) is 11.3 Å². The molecular weight excluding hydrogens is 214 g/mol. The SMILES string of the molecule is C=C(N)C(=O)COC1(C)CC(CC)CC1CC. The van der Waals surface area contributed by atoms with Crippen molar-refractivity contribution in [2.75, 3.05) is 6.61 Å². The van der Waals surface area contributed by atoms with E-state index in [1.165, 1.54) is 12.8 Å². The molecule has 3 nitrogen and oxygen atoms in total. The molecule has 1 fully saturated rings. The molecule has 0 saturated heterocycles. The van der Waals surface area contributed by atoms with Crippen molar-refractivity contribution in [2.24, 2.45) is 17.6 Å². The lowest BCUT2D eigenvalue weighted by atomic mass is 9.90. The zero-order valence-electron chi connectivity index (χ0n) is 11.3. The fourth-order valence-corrected chi connectivity index (χ4v) is 2.88. The molecule has 1 aliphatic carbocycles. The van der Waals surface area contributed by atoms with Crippen LogP contribution in [0.3, 0.4) is 0 Å². The van der Waals surface area contributed by atoms with Crippen molar-refractivity contribution in [3.8, 4) is 0 Å². The van der Waals surface area contributed by atoms with E-state index < -0.39 is 0 Å². The first-order chi connectivity index (χ1) is 7.92. The first kappa shape index (κ1) is 14.2. The average Bonchev–Trinajstić information content (AvgIpc) is 2.63. The van der Waals surface area contributed by atoms with Crippen LogP contribution in [0.25, 0.3) is 0 Å². The Morgan fingerprint density at radius 2 is 2.12 bits per heavy atom. The van der Waals surface area contributed by atoms with E-state index in [4.69, 9.17) is 10.5 Å². The van der Waals surface area contributed by atoms with Crippen molar-refractivity contribution in [1.29, 1.82) is 0 Å². The molecule has 3 atom stereocenters. The van der Waals surface area contributed by atoms with Crippen molar-refractivity contribution in [3.05, 3.63) is 12.3 Å². The average molecular weight is 239 g/mol. The van der Waals surface area contributed by atoms with Crippen molar-refractivity contribution in [1.82, 2.24) is 0 Å². The molecule has 0 heterocycles. The van der Waals surface area contributed by atoms with Crippen molar-refractivity contribution >= 4 is 5.78 Å². The number of ether oxygens (including phenoxy) is 1. The summed E-state index contributed by atoms with van der Waals surface area (Å²) in [6.45, 7) is 10.0. The van der Waals surface area contributed by atoms with E-state index in [1.54, 1.807) is 0 Å². The third-order valence-electron chi connectivity index (χ3n) is 4.14. The third kappa shape index (κ3) is 3.32. The van der Waals surface area contributed by atoms with Crippen LogP contribution < -0.4 is 5.73 Å². The number of hydrogen-bond donors (Lipinski definition) is 1. The van der Waals surface area contributed by atoms with Crippen molar-refractivity contribution in [3.63, 3.8) is 0 Å². The third-order valence-corrected chi connectivity index (χ3v) is 4.14. The zero-order chi connectivity index (χ0) is 13.1. The molecule has 1 saturated carbocycles. The van der Waals surface area contributed by atoms with E-state index in [9.17, 15) is 4.79 Å². The lowest BCUT2D eigenvalue weighted by Crippen LogP contribution is -2.35. The number of ketones is 1. The monoisotopic (exact) mass is 239 g/mol. The number of hydrogen-bond acceptors (Lipinski definition) is 3. The fraction of sp³-hybridized carbons (Fsp3) is 0.786. The molecular formula is C14H25NO2. The summed E-state index contributed by atoms with van der Waals surface area (Å²) >= 11 is 0. The van der Waals surface area contributed by atoms with Gasteiger partial charge in [-0.1, -0.05) is 33.3 Å². The van der Waals surface area contributed by atoms with Gasteiger partial charge in [0.25, 0.3) is 0 Å². The minimum absolute atomic E-state index is 0.0682. The molecule has 2 N–H and O–H groups in total. The maximum absolute atomic E-state index is 11.4. The molecule has 3 heteroatoms. The smallest absolute Gasteiger partial charge is 0.203 e. The highest BCUT2D eigenvalue weighted by Crippen LogP contribution is 2.45. The van der Waals surface area contributed by atoms with Gasteiger partial charge < -0.3 is 10.5 Å². The van der Waals surface area contributed by atoms with Gasteiger partial charge in [-0.15, -0.1) is 0 Å². The van der Waals surface area contributed by atoms with Gasteiger partial charge >= 0.3 is 0 Å². The van der Waals surface area contributed by atoms with E-state index in [0.717, 1.165) is 18.8 Å². The van der Waals surface area contributed by atoms with Gasteiger partial charge in [0.15, 0.2) is 0 Å². The fourth-order valence-electron chi connectivity index (χ4n) is 2.88. The lowest BCUT2D eigenvalue weighted by molar-refractivity contribution is -0.129. The maximum Gasteiger partial charge on any atom is 0.203 e. The summed E-state index contributed by atoms with van der Waals surface area (Å²) in [4.78, 5) is 11.4. The molecule has 0 spiro atoms. The molecule has 0 aliphatic heterocycles. The Morgan fingerprint density at radius 3 is 2.59 bits per heavy atom. The summed E-state index contributed by atoms with van der Waals surface area (Å²) in [6, 6.07) is 0. The van der Waals surface area contributed by atoms with Crippen LogP contribution in [0.5, 0.6) is 0 Å². The number of Topliss-reactive ketones (excluding diaryl/α,β-unsaturated/α-hetero) is 1. The predicted octanol–water partition coefficient (Wildman–Crippen LogP) is 2.65. The summed E-state index contributed by atoms with van der Waals surface area (Å²) in [6.07, 6.45) is 4.55.